The van der Waals surface area contributed by atoms with Gasteiger partial charge in [-0.15, -0.1) is 0 Å². The van der Waals surface area contributed by atoms with Gasteiger partial charge in [-0.05, 0) is 20.8 Å². The van der Waals surface area contributed by atoms with Crippen molar-refractivity contribution in [2.75, 3.05) is 32.7 Å². The van der Waals surface area contributed by atoms with Crippen LogP contribution in [0.3, 0.4) is 0 Å². The van der Waals surface area contributed by atoms with Crippen LogP contribution in [-0.4, -0.2) is 58.2 Å². The molecule has 126 valence electrons. The number of halogens is 4. The van der Waals surface area contributed by atoms with Gasteiger partial charge in [-0.1, -0.05) is 46.4 Å². The molecule has 22 heavy (non-hydrogen) atoms. The molecule has 0 bridgehead atoms. The lowest BCUT2D eigenvalue weighted by Crippen LogP contribution is -2.54. The molecule has 1 fully saturated rings. The molecule has 2 nitrogen and oxygen atoms in total. The summed E-state index contributed by atoms with van der Waals surface area (Å²) < 4.78 is 39.4. The summed E-state index contributed by atoms with van der Waals surface area (Å²) in [5, 5.41) is 0. The van der Waals surface area contributed by atoms with Crippen LogP contribution in [0.1, 0.15) is 20.8 Å². The highest BCUT2D eigenvalue weighted by Crippen LogP contribution is 2.45. The number of rotatable bonds is 3. The molecule has 1 saturated heterocycles. The fraction of sp³-hybridized carbons (Fsp3) is 0.750. The third-order valence-corrected chi connectivity index (χ3v) is 5.90. The van der Waals surface area contributed by atoms with E-state index in [-0.39, 0.29) is 0 Å². The zero-order valence-electron chi connectivity index (χ0n) is 13.3. The third kappa shape index (κ3) is 4.26. The Balaban J connectivity index is 2.06. The van der Waals surface area contributed by atoms with Gasteiger partial charge in [0.05, 0.1) is 9.34 Å². The van der Waals surface area contributed by atoms with E-state index in [9.17, 15) is 13.2 Å². The minimum atomic E-state index is -4.20. The molecule has 0 amide bonds. The average Bonchev–Trinajstić information content (AvgIpc) is 2.41. The quantitative estimate of drug-likeness (QED) is 0.498. The first-order valence-electron chi connectivity index (χ1n) is 7.71. The third-order valence-electron chi connectivity index (χ3n) is 4.53. The SMILES string of the molecule is CC1=CC(C(F)(F)F)[C@@](I)(CN2CCN(C(C)C)CC2)C=C1. The van der Waals surface area contributed by atoms with Crippen molar-refractivity contribution >= 4 is 22.6 Å². The Bertz CT molecular complexity index is 451. The molecule has 0 spiro atoms. The second-order valence-corrected chi connectivity index (χ2v) is 8.60. The zero-order chi connectivity index (χ0) is 16.5. The van der Waals surface area contributed by atoms with Crippen LogP contribution < -0.4 is 0 Å². The van der Waals surface area contributed by atoms with Gasteiger partial charge >= 0.3 is 6.18 Å². The van der Waals surface area contributed by atoms with Gasteiger partial charge in [0.25, 0.3) is 0 Å². The lowest BCUT2D eigenvalue weighted by atomic mass is 9.84. The van der Waals surface area contributed by atoms with Gasteiger partial charge in [-0.2, -0.15) is 13.2 Å². The lowest BCUT2D eigenvalue weighted by molar-refractivity contribution is -0.166. The number of hydrogen-bond donors (Lipinski definition) is 0. The van der Waals surface area contributed by atoms with E-state index < -0.39 is 15.5 Å². The van der Waals surface area contributed by atoms with Gasteiger partial charge in [0, 0.05) is 38.8 Å². The van der Waals surface area contributed by atoms with Crippen LogP contribution in [0.25, 0.3) is 0 Å². The molecule has 2 rings (SSSR count). The largest absolute Gasteiger partial charge is 0.396 e. The molecule has 0 aromatic carbocycles. The van der Waals surface area contributed by atoms with Gasteiger partial charge < -0.3 is 0 Å². The van der Waals surface area contributed by atoms with Crippen LogP contribution in [0, 0.1) is 5.92 Å². The topological polar surface area (TPSA) is 6.48 Å². The van der Waals surface area contributed by atoms with Gasteiger partial charge in [0.2, 0.25) is 0 Å². The van der Waals surface area contributed by atoms with E-state index in [1.807, 2.05) is 28.7 Å². The van der Waals surface area contributed by atoms with E-state index in [1.165, 1.54) is 6.08 Å². The summed E-state index contributed by atoms with van der Waals surface area (Å²) in [4.78, 5) is 4.54. The Labute approximate surface area is 144 Å². The Morgan fingerprint density at radius 1 is 1.27 bits per heavy atom. The number of nitrogens with zero attached hydrogens (tertiary/aromatic N) is 2. The van der Waals surface area contributed by atoms with E-state index in [2.05, 4.69) is 23.6 Å². The molecule has 6 heteroatoms. The second kappa shape index (κ2) is 6.81. The number of alkyl halides is 4. The van der Waals surface area contributed by atoms with Gasteiger partial charge in [-0.25, -0.2) is 0 Å². The van der Waals surface area contributed by atoms with Crippen LogP contribution in [0.2, 0.25) is 0 Å². The molecule has 2 atom stereocenters. The Hall–Kier alpha value is -0.0800. The standard InChI is InChI=1S/C16H24F3IN2/c1-12(2)22-8-6-21(7-9-22)11-15(20)5-4-13(3)10-14(15)16(17,18)19/h4-5,10,12,14H,6-9,11H2,1-3H3/t14?,15-/m0/s1. The van der Waals surface area contributed by atoms with Crippen molar-refractivity contribution in [1.82, 2.24) is 9.80 Å². The van der Waals surface area contributed by atoms with Crippen molar-refractivity contribution in [2.24, 2.45) is 5.92 Å². The molecule has 0 N–H and O–H groups in total. The van der Waals surface area contributed by atoms with Crippen LogP contribution in [0.15, 0.2) is 23.8 Å². The molecular formula is C16H24F3IN2. The van der Waals surface area contributed by atoms with E-state index in [4.69, 9.17) is 0 Å². The molecule has 1 unspecified atom stereocenters. The summed E-state index contributed by atoms with van der Waals surface area (Å²) >= 11 is 2.00. The predicted octanol–water partition coefficient (Wildman–Crippen LogP) is 3.88. The van der Waals surface area contributed by atoms with E-state index in [0.29, 0.717) is 18.2 Å². The normalized spacial score (nSPS) is 31.6. The summed E-state index contributed by atoms with van der Waals surface area (Å²) in [6, 6.07) is 0.499. The molecule has 0 saturated carbocycles. The maximum Gasteiger partial charge on any atom is 0.396 e. The highest BCUT2D eigenvalue weighted by atomic mass is 127. The van der Waals surface area contributed by atoms with Gasteiger partial charge in [-0.3, -0.25) is 9.80 Å². The van der Waals surface area contributed by atoms with Crippen LogP contribution in [0.5, 0.6) is 0 Å². The molecule has 1 heterocycles. The molecule has 1 aliphatic carbocycles. The van der Waals surface area contributed by atoms with Crippen LogP contribution in [-0.2, 0) is 0 Å². The summed E-state index contributed by atoms with van der Waals surface area (Å²) in [6.07, 6.45) is 0.735. The molecule has 0 aromatic rings. The highest BCUT2D eigenvalue weighted by molar-refractivity contribution is 14.1. The first kappa shape index (κ1) is 18.3. The number of piperazine rings is 1. The van der Waals surface area contributed by atoms with Gasteiger partial charge in [0.15, 0.2) is 0 Å². The molecule has 0 radical (unpaired) electrons. The average molecular weight is 428 g/mol. The first-order valence-corrected chi connectivity index (χ1v) is 8.79. The molecule has 0 aromatic heterocycles. The number of hydrogen-bond acceptors (Lipinski definition) is 2. The molecular weight excluding hydrogens is 404 g/mol. The number of allylic oxidation sites excluding steroid dienone is 3. The van der Waals surface area contributed by atoms with Crippen molar-refractivity contribution in [1.29, 1.82) is 0 Å². The Morgan fingerprint density at radius 2 is 1.86 bits per heavy atom. The van der Waals surface area contributed by atoms with Crippen molar-refractivity contribution in [3.05, 3.63) is 23.8 Å². The minimum absolute atomic E-state index is 0.448. The van der Waals surface area contributed by atoms with Gasteiger partial charge in [0.1, 0.15) is 0 Å². The Morgan fingerprint density at radius 3 is 2.36 bits per heavy atom. The second-order valence-electron chi connectivity index (χ2n) is 6.60. The predicted molar refractivity (Wildman–Crippen MR) is 92.3 cm³/mol. The summed E-state index contributed by atoms with van der Waals surface area (Å²) in [7, 11) is 0. The molecule has 1 aliphatic heterocycles. The summed E-state index contributed by atoms with van der Waals surface area (Å²) in [5.41, 5.74) is 0.694. The first-order chi connectivity index (χ1) is 10.1. The van der Waals surface area contributed by atoms with Crippen molar-refractivity contribution in [2.45, 2.75) is 36.4 Å². The monoisotopic (exact) mass is 428 g/mol. The smallest absolute Gasteiger partial charge is 0.299 e. The van der Waals surface area contributed by atoms with E-state index in [0.717, 1.165) is 26.2 Å². The Kier molecular flexibility index (Phi) is 5.65. The zero-order valence-corrected chi connectivity index (χ0v) is 15.5. The van der Waals surface area contributed by atoms with E-state index >= 15 is 0 Å². The fourth-order valence-electron chi connectivity index (χ4n) is 3.13. The maximum absolute atomic E-state index is 13.4. The van der Waals surface area contributed by atoms with Crippen molar-refractivity contribution in [3.8, 4) is 0 Å². The summed E-state index contributed by atoms with van der Waals surface area (Å²) in [6.45, 7) is 10.0. The van der Waals surface area contributed by atoms with Crippen LogP contribution in [0.4, 0.5) is 13.2 Å². The lowest BCUT2D eigenvalue weighted by Gasteiger charge is -2.43. The highest BCUT2D eigenvalue weighted by Gasteiger charge is 2.51. The maximum atomic E-state index is 13.4. The van der Waals surface area contributed by atoms with Crippen molar-refractivity contribution < 1.29 is 13.2 Å². The van der Waals surface area contributed by atoms with E-state index in [1.54, 1.807) is 13.0 Å². The summed E-state index contributed by atoms with van der Waals surface area (Å²) in [5.74, 6) is -1.41. The van der Waals surface area contributed by atoms with Crippen molar-refractivity contribution in [3.63, 3.8) is 0 Å². The van der Waals surface area contributed by atoms with Crippen LogP contribution >= 0.6 is 22.6 Å². The molecule has 2 aliphatic rings. The fourth-order valence-corrected chi connectivity index (χ4v) is 4.32. The minimum Gasteiger partial charge on any atom is -0.299 e.